The first kappa shape index (κ1) is 11.6. The average Bonchev–Trinajstić information content (AvgIpc) is 2.90. The summed E-state index contributed by atoms with van der Waals surface area (Å²) in [6.45, 7) is -0.261. The van der Waals surface area contributed by atoms with Gasteiger partial charge in [0.05, 0.1) is 19.0 Å². The maximum Gasteiger partial charge on any atom is 0.174 e. The molecule has 1 aromatic heterocycles. The minimum absolute atomic E-state index is 0.151. The van der Waals surface area contributed by atoms with Crippen LogP contribution in [0.4, 0.5) is 0 Å². The van der Waals surface area contributed by atoms with Crippen molar-refractivity contribution in [2.75, 3.05) is 6.61 Å². The Hall–Kier alpha value is -1.86. The van der Waals surface area contributed by atoms with Gasteiger partial charge >= 0.3 is 0 Å². The zero-order valence-electron chi connectivity index (χ0n) is 8.95. The van der Waals surface area contributed by atoms with Crippen molar-refractivity contribution in [3.63, 3.8) is 0 Å². The monoisotopic (exact) mass is 233 g/mol. The highest BCUT2D eigenvalue weighted by Crippen LogP contribution is 2.29. The van der Waals surface area contributed by atoms with Gasteiger partial charge in [0.2, 0.25) is 0 Å². The molecule has 2 N–H and O–H groups in total. The summed E-state index contributed by atoms with van der Waals surface area (Å²) in [7, 11) is 0. The second-order valence-electron chi connectivity index (χ2n) is 3.72. The van der Waals surface area contributed by atoms with E-state index in [1.54, 1.807) is 0 Å². The van der Waals surface area contributed by atoms with Crippen LogP contribution in [0.5, 0.6) is 0 Å². The van der Waals surface area contributed by atoms with Gasteiger partial charge in [-0.15, -0.1) is 6.42 Å². The van der Waals surface area contributed by atoms with Crippen molar-refractivity contribution in [1.82, 2.24) is 9.55 Å². The lowest BCUT2D eigenvalue weighted by molar-refractivity contribution is -0.0446. The Bertz CT molecular complexity index is 497. The predicted octanol–water partition coefficient (Wildman–Crippen LogP) is -0.623. The van der Waals surface area contributed by atoms with E-state index in [1.165, 1.54) is 10.9 Å². The third-order valence-corrected chi connectivity index (χ3v) is 2.73. The Morgan fingerprint density at radius 3 is 3.00 bits per heavy atom. The van der Waals surface area contributed by atoms with Crippen molar-refractivity contribution < 1.29 is 14.9 Å². The molecular formula is C11H11N3O3. The molecule has 6 nitrogen and oxygen atoms in total. The fourth-order valence-corrected chi connectivity index (χ4v) is 1.85. The Morgan fingerprint density at radius 1 is 1.71 bits per heavy atom. The first-order chi connectivity index (χ1) is 8.21. The van der Waals surface area contributed by atoms with Crippen LogP contribution in [0.2, 0.25) is 0 Å². The van der Waals surface area contributed by atoms with Crippen LogP contribution >= 0.6 is 0 Å². The van der Waals surface area contributed by atoms with Gasteiger partial charge in [0.1, 0.15) is 24.1 Å². The molecule has 88 valence electrons. The van der Waals surface area contributed by atoms with Gasteiger partial charge in [0.25, 0.3) is 0 Å². The van der Waals surface area contributed by atoms with E-state index in [1.807, 2.05) is 6.07 Å². The highest BCUT2D eigenvalue weighted by Gasteiger charge is 2.35. The molecule has 1 aromatic rings. The van der Waals surface area contributed by atoms with Crippen LogP contribution < -0.4 is 0 Å². The molecule has 6 heteroatoms. The SMILES string of the molecule is C#Cc1c(C#N)ncn1[C@H]1C[C@H](O)[C@@H](CO)O1. The fraction of sp³-hybridized carbons (Fsp3) is 0.455. The van der Waals surface area contributed by atoms with Crippen molar-refractivity contribution in [3.8, 4) is 18.4 Å². The second kappa shape index (κ2) is 4.56. The zero-order valence-corrected chi connectivity index (χ0v) is 8.95. The minimum atomic E-state index is -0.747. The van der Waals surface area contributed by atoms with E-state index in [9.17, 15) is 5.11 Å². The van der Waals surface area contributed by atoms with Gasteiger partial charge in [-0.3, -0.25) is 4.57 Å². The molecule has 0 aliphatic carbocycles. The molecule has 2 rings (SSSR count). The largest absolute Gasteiger partial charge is 0.394 e. The van der Waals surface area contributed by atoms with Crippen molar-refractivity contribution in [3.05, 3.63) is 17.7 Å². The Morgan fingerprint density at radius 2 is 2.47 bits per heavy atom. The maximum atomic E-state index is 9.61. The van der Waals surface area contributed by atoms with Gasteiger partial charge in [0, 0.05) is 6.42 Å². The Labute approximate surface area is 98.1 Å². The molecule has 0 spiro atoms. The predicted molar refractivity (Wildman–Crippen MR) is 56.5 cm³/mol. The number of terminal acetylenes is 1. The number of aromatic nitrogens is 2. The molecule has 0 saturated carbocycles. The van der Waals surface area contributed by atoms with E-state index in [0.29, 0.717) is 12.1 Å². The molecular weight excluding hydrogens is 222 g/mol. The first-order valence-electron chi connectivity index (χ1n) is 5.09. The second-order valence-corrected chi connectivity index (χ2v) is 3.72. The first-order valence-corrected chi connectivity index (χ1v) is 5.09. The molecule has 0 bridgehead atoms. The topological polar surface area (TPSA) is 91.3 Å². The number of imidazole rings is 1. The van der Waals surface area contributed by atoms with E-state index in [0.717, 1.165) is 0 Å². The standard InChI is InChI=1S/C11H11N3O3/c1-2-8-7(4-12)13-6-14(8)11-3-9(16)10(5-15)17-11/h1,6,9-11,15-16H,3,5H2/t9-,10+,11+/m0/s1. The molecule has 3 atom stereocenters. The number of ether oxygens (including phenoxy) is 1. The lowest BCUT2D eigenvalue weighted by Gasteiger charge is -2.14. The third-order valence-electron chi connectivity index (χ3n) is 2.73. The van der Waals surface area contributed by atoms with Crippen LogP contribution in [-0.4, -0.2) is 38.6 Å². The lowest BCUT2D eigenvalue weighted by atomic mass is 10.2. The van der Waals surface area contributed by atoms with E-state index in [4.69, 9.17) is 21.5 Å². The average molecular weight is 233 g/mol. The summed E-state index contributed by atoms with van der Waals surface area (Å²) < 4.78 is 6.95. The van der Waals surface area contributed by atoms with Gasteiger partial charge in [-0.2, -0.15) is 5.26 Å². The summed E-state index contributed by atoms with van der Waals surface area (Å²) in [5, 5.41) is 27.4. The summed E-state index contributed by atoms with van der Waals surface area (Å²) >= 11 is 0. The number of aliphatic hydroxyl groups excluding tert-OH is 2. The summed E-state index contributed by atoms with van der Waals surface area (Å²) in [5.41, 5.74) is 0.473. The van der Waals surface area contributed by atoms with Crippen molar-refractivity contribution in [2.45, 2.75) is 24.9 Å². The van der Waals surface area contributed by atoms with Gasteiger partial charge in [-0.25, -0.2) is 4.98 Å². The number of hydrogen-bond acceptors (Lipinski definition) is 5. The van der Waals surface area contributed by atoms with Gasteiger partial charge in [-0.1, -0.05) is 0 Å². The fourth-order valence-electron chi connectivity index (χ4n) is 1.85. The van der Waals surface area contributed by atoms with Gasteiger partial charge in [0.15, 0.2) is 5.69 Å². The van der Waals surface area contributed by atoms with Crippen LogP contribution in [0.25, 0.3) is 0 Å². The molecule has 1 aliphatic heterocycles. The lowest BCUT2D eigenvalue weighted by Crippen LogP contribution is -2.24. The van der Waals surface area contributed by atoms with Crippen LogP contribution in [0, 0.1) is 23.7 Å². The molecule has 1 saturated heterocycles. The highest BCUT2D eigenvalue weighted by atomic mass is 16.5. The Balaban J connectivity index is 2.29. The zero-order chi connectivity index (χ0) is 12.4. The van der Waals surface area contributed by atoms with Crippen LogP contribution in [-0.2, 0) is 4.74 Å². The number of nitriles is 1. The number of hydrogen-bond donors (Lipinski definition) is 2. The molecule has 0 aromatic carbocycles. The number of rotatable bonds is 2. The minimum Gasteiger partial charge on any atom is -0.394 e. The molecule has 1 fully saturated rings. The quantitative estimate of drug-likeness (QED) is 0.664. The summed E-state index contributed by atoms with van der Waals surface area (Å²) in [4.78, 5) is 3.86. The van der Waals surface area contributed by atoms with E-state index in [-0.39, 0.29) is 12.3 Å². The molecule has 0 amide bonds. The van der Waals surface area contributed by atoms with E-state index in [2.05, 4.69) is 10.9 Å². The van der Waals surface area contributed by atoms with E-state index < -0.39 is 18.4 Å². The van der Waals surface area contributed by atoms with Crippen LogP contribution in [0.1, 0.15) is 24.0 Å². The summed E-state index contributed by atoms with van der Waals surface area (Å²) in [5.74, 6) is 2.37. The molecule has 1 aliphatic rings. The normalized spacial score (nSPS) is 27.6. The number of aliphatic hydroxyl groups is 2. The molecule has 2 heterocycles. The van der Waals surface area contributed by atoms with Gasteiger partial charge in [-0.05, 0) is 5.92 Å². The Kier molecular flexibility index (Phi) is 3.12. The smallest absolute Gasteiger partial charge is 0.174 e. The van der Waals surface area contributed by atoms with Gasteiger partial charge < -0.3 is 14.9 Å². The maximum absolute atomic E-state index is 9.61. The van der Waals surface area contributed by atoms with Crippen LogP contribution in [0.3, 0.4) is 0 Å². The summed E-state index contributed by atoms with van der Waals surface area (Å²) in [6, 6.07) is 1.88. The third kappa shape index (κ3) is 1.90. The molecule has 0 unspecified atom stereocenters. The number of nitrogens with zero attached hydrogens (tertiary/aromatic N) is 3. The molecule has 17 heavy (non-hydrogen) atoms. The van der Waals surface area contributed by atoms with Crippen molar-refractivity contribution in [1.29, 1.82) is 5.26 Å². The van der Waals surface area contributed by atoms with Crippen molar-refractivity contribution >= 4 is 0 Å². The van der Waals surface area contributed by atoms with E-state index >= 15 is 0 Å². The molecule has 0 radical (unpaired) electrons. The summed E-state index contributed by atoms with van der Waals surface area (Å²) in [6.07, 6.45) is 5.16. The van der Waals surface area contributed by atoms with Crippen LogP contribution in [0.15, 0.2) is 6.33 Å². The van der Waals surface area contributed by atoms with Crippen molar-refractivity contribution in [2.24, 2.45) is 0 Å². The highest BCUT2D eigenvalue weighted by molar-refractivity contribution is 5.38.